The molecule has 120 valence electrons. The van der Waals surface area contributed by atoms with Crippen LogP contribution in [0, 0.1) is 0 Å². The zero-order valence-electron chi connectivity index (χ0n) is 13.2. The Morgan fingerprint density at radius 1 is 1.04 bits per heavy atom. The average Bonchev–Trinajstić information content (AvgIpc) is 2.59. The minimum atomic E-state index is -0.0668. The van der Waals surface area contributed by atoms with Crippen LogP contribution in [0.3, 0.4) is 0 Å². The molecule has 2 aromatic carbocycles. The molecule has 0 aliphatic rings. The van der Waals surface area contributed by atoms with E-state index in [1.807, 2.05) is 36.4 Å². The van der Waals surface area contributed by atoms with Crippen molar-refractivity contribution < 1.29 is 4.42 Å². The third-order valence-electron chi connectivity index (χ3n) is 3.88. The Labute approximate surface area is 145 Å². The van der Waals surface area contributed by atoms with Gasteiger partial charge in [-0.2, -0.15) is 0 Å². The summed E-state index contributed by atoms with van der Waals surface area (Å²) in [6, 6.07) is 13.1. The van der Waals surface area contributed by atoms with Crippen LogP contribution in [0.4, 0.5) is 0 Å². The van der Waals surface area contributed by atoms with Crippen molar-refractivity contribution in [1.82, 2.24) is 0 Å². The van der Waals surface area contributed by atoms with E-state index in [0.29, 0.717) is 40.2 Å². The van der Waals surface area contributed by atoms with Crippen molar-refractivity contribution in [2.45, 2.75) is 12.8 Å². The van der Waals surface area contributed by atoms with Gasteiger partial charge in [0.15, 0.2) is 5.43 Å². The van der Waals surface area contributed by atoms with Gasteiger partial charge in [-0.15, -0.1) is 13.2 Å². The van der Waals surface area contributed by atoms with Gasteiger partial charge in [-0.05, 0) is 25.0 Å². The summed E-state index contributed by atoms with van der Waals surface area (Å²) in [6.07, 6.45) is 4.49. The van der Waals surface area contributed by atoms with Crippen molar-refractivity contribution in [3.8, 4) is 11.3 Å². The van der Waals surface area contributed by atoms with E-state index in [4.69, 9.17) is 16.0 Å². The predicted octanol–water partition coefficient (Wildman–Crippen LogP) is 5.57. The molecule has 24 heavy (non-hydrogen) atoms. The number of fused-ring (bicyclic) bond motifs is 1. The van der Waals surface area contributed by atoms with Crippen molar-refractivity contribution in [2.75, 3.05) is 0 Å². The van der Waals surface area contributed by atoms with Crippen LogP contribution in [0.15, 0.2) is 77.0 Å². The van der Waals surface area contributed by atoms with Crippen molar-refractivity contribution in [3.05, 3.63) is 94.1 Å². The third-order valence-corrected chi connectivity index (χ3v) is 4.09. The molecule has 0 N–H and O–H groups in total. The number of allylic oxidation sites excluding steroid dienone is 2. The third kappa shape index (κ3) is 2.93. The molecule has 0 spiro atoms. The molecule has 0 aliphatic heterocycles. The lowest BCUT2D eigenvalue weighted by atomic mass is 10.0. The van der Waals surface area contributed by atoms with Crippen LogP contribution in [0.2, 0.25) is 5.02 Å². The summed E-state index contributed by atoms with van der Waals surface area (Å²) < 4.78 is 6.20. The van der Waals surface area contributed by atoms with Gasteiger partial charge in [-0.3, -0.25) is 4.79 Å². The topological polar surface area (TPSA) is 30.2 Å². The van der Waals surface area contributed by atoms with Gasteiger partial charge >= 0.3 is 0 Å². The first kappa shape index (κ1) is 16.3. The second-order valence-corrected chi connectivity index (χ2v) is 5.97. The largest absolute Gasteiger partial charge is 0.455 e. The standard InChI is InChI=1S/C21H17ClO2/c1-3-8-15-12-16(22)13-18-19(23)17(9-4-2)20(24-21(15)18)14-10-6-5-7-11-14/h3-7,10-13H,1-2,8-9H2. The monoisotopic (exact) mass is 336 g/mol. The molecule has 3 heteroatoms. The van der Waals surface area contributed by atoms with E-state index < -0.39 is 0 Å². The first-order chi connectivity index (χ1) is 11.7. The maximum atomic E-state index is 13.0. The molecular formula is C21H17ClO2. The fraction of sp³-hybridized carbons (Fsp3) is 0.0952. The zero-order chi connectivity index (χ0) is 17.1. The van der Waals surface area contributed by atoms with Gasteiger partial charge in [0, 0.05) is 21.7 Å². The molecule has 0 bridgehead atoms. The van der Waals surface area contributed by atoms with E-state index in [-0.39, 0.29) is 5.43 Å². The van der Waals surface area contributed by atoms with Gasteiger partial charge < -0.3 is 4.42 Å². The molecule has 0 saturated heterocycles. The highest BCUT2D eigenvalue weighted by molar-refractivity contribution is 6.31. The minimum absolute atomic E-state index is 0.0668. The number of hydrogen-bond acceptors (Lipinski definition) is 2. The zero-order valence-corrected chi connectivity index (χ0v) is 14.0. The second kappa shape index (κ2) is 6.90. The van der Waals surface area contributed by atoms with Crippen LogP contribution in [0.5, 0.6) is 0 Å². The Bertz CT molecular complexity index is 969. The quantitative estimate of drug-likeness (QED) is 0.570. The Morgan fingerprint density at radius 2 is 1.75 bits per heavy atom. The summed E-state index contributed by atoms with van der Waals surface area (Å²) in [5.74, 6) is 0.584. The van der Waals surface area contributed by atoms with Gasteiger partial charge in [-0.1, -0.05) is 54.1 Å². The molecule has 0 fully saturated rings. The van der Waals surface area contributed by atoms with Crippen LogP contribution in [-0.2, 0) is 12.8 Å². The van der Waals surface area contributed by atoms with Crippen LogP contribution < -0.4 is 5.43 Å². The first-order valence-electron chi connectivity index (χ1n) is 7.71. The molecule has 0 amide bonds. The van der Waals surface area contributed by atoms with Crippen molar-refractivity contribution >= 4 is 22.6 Å². The summed E-state index contributed by atoms with van der Waals surface area (Å²) in [5.41, 5.74) is 2.81. The predicted molar refractivity (Wildman–Crippen MR) is 101 cm³/mol. The molecule has 2 nitrogen and oxygen atoms in total. The Morgan fingerprint density at radius 3 is 2.42 bits per heavy atom. The SMILES string of the molecule is C=CCc1c(-c2ccccc2)oc2c(CC=C)cc(Cl)cc2c1=O. The highest BCUT2D eigenvalue weighted by Crippen LogP contribution is 2.30. The van der Waals surface area contributed by atoms with Gasteiger partial charge in [0.05, 0.1) is 5.39 Å². The molecule has 0 aliphatic carbocycles. The van der Waals surface area contributed by atoms with E-state index in [9.17, 15) is 4.79 Å². The fourth-order valence-electron chi connectivity index (χ4n) is 2.83. The second-order valence-electron chi connectivity index (χ2n) is 5.53. The fourth-order valence-corrected chi connectivity index (χ4v) is 3.07. The van der Waals surface area contributed by atoms with E-state index >= 15 is 0 Å². The summed E-state index contributed by atoms with van der Waals surface area (Å²) >= 11 is 6.18. The average molecular weight is 337 g/mol. The molecule has 1 heterocycles. The van der Waals surface area contributed by atoms with Crippen LogP contribution in [-0.4, -0.2) is 0 Å². The van der Waals surface area contributed by atoms with Gasteiger partial charge in [-0.25, -0.2) is 0 Å². The molecule has 0 unspecified atom stereocenters. The minimum Gasteiger partial charge on any atom is -0.455 e. The lowest BCUT2D eigenvalue weighted by molar-refractivity contribution is 0.608. The highest BCUT2D eigenvalue weighted by Gasteiger charge is 2.17. The first-order valence-corrected chi connectivity index (χ1v) is 8.08. The van der Waals surface area contributed by atoms with Gasteiger partial charge in [0.2, 0.25) is 0 Å². The van der Waals surface area contributed by atoms with Crippen molar-refractivity contribution in [2.24, 2.45) is 0 Å². The van der Waals surface area contributed by atoms with E-state index in [0.717, 1.165) is 11.1 Å². The maximum Gasteiger partial charge on any atom is 0.196 e. The normalized spacial score (nSPS) is 10.7. The molecule has 0 saturated carbocycles. The summed E-state index contributed by atoms with van der Waals surface area (Å²) in [4.78, 5) is 13.0. The van der Waals surface area contributed by atoms with Crippen molar-refractivity contribution in [1.29, 1.82) is 0 Å². The molecule has 0 atom stereocenters. The molecular weight excluding hydrogens is 320 g/mol. The highest BCUT2D eigenvalue weighted by atomic mass is 35.5. The number of halogens is 1. The number of benzene rings is 2. The molecule has 0 radical (unpaired) electrons. The van der Waals surface area contributed by atoms with Gasteiger partial charge in [0.25, 0.3) is 0 Å². The Hall–Kier alpha value is -2.58. The van der Waals surface area contributed by atoms with E-state index in [1.165, 1.54) is 0 Å². The molecule has 3 aromatic rings. The van der Waals surface area contributed by atoms with Crippen LogP contribution in [0.1, 0.15) is 11.1 Å². The van der Waals surface area contributed by atoms with Crippen molar-refractivity contribution in [3.63, 3.8) is 0 Å². The maximum absolute atomic E-state index is 13.0. The number of hydrogen-bond donors (Lipinski definition) is 0. The summed E-state index contributed by atoms with van der Waals surface area (Å²) in [7, 11) is 0. The molecule has 1 aromatic heterocycles. The molecule has 3 rings (SSSR count). The van der Waals surface area contributed by atoms with E-state index in [2.05, 4.69) is 13.2 Å². The number of rotatable bonds is 5. The lowest BCUT2D eigenvalue weighted by Crippen LogP contribution is -2.11. The van der Waals surface area contributed by atoms with E-state index in [1.54, 1.807) is 18.2 Å². The smallest absolute Gasteiger partial charge is 0.196 e. The summed E-state index contributed by atoms with van der Waals surface area (Å²) in [5, 5.41) is 1.01. The summed E-state index contributed by atoms with van der Waals surface area (Å²) in [6.45, 7) is 7.52. The Balaban J connectivity index is 2.42. The van der Waals surface area contributed by atoms with Gasteiger partial charge in [0.1, 0.15) is 11.3 Å². The van der Waals surface area contributed by atoms with Crippen LogP contribution in [0.25, 0.3) is 22.3 Å². The lowest BCUT2D eigenvalue weighted by Gasteiger charge is -2.11. The Kier molecular flexibility index (Phi) is 4.68. The van der Waals surface area contributed by atoms with Crippen LogP contribution >= 0.6 is 11.6 Å².